The van der Waals surface area contributed by atoms with Crippen LogP contribution in [-0.4, -0.2) is 28.3 Å². The Hall–Kier alpha value is -5.17. The van der Waals surface area contributed by atoms with Crippen molar-refractivity contribution in [2.75, 3.05) is 6.61 Å². The molecule has 5 aromatic rings. The molecule has 0 bridgehead atoms. The van der Waals surface area contributed by atoms with Crippen molar-refractivity contribution in [2.45, 2.75) is 0 Å². The van der Waals surface area contributed by atoms with Crippen LogP contribution in [-0.2, 0) is 4.74 Å². The Morgan fingerprint density at radius 3 is 2.11 bits per heavy atom. The summed E-state index contributed by atoms with van der Waals surface area (Å²) in [7, 11) is 0. The Balaban J connectivity index is 1.50. The number of pyridine rings is 1. The van der Waals surface area contributed by atoms with Gasteiger partial charge in [-0.3, -0.25) is 14.9 Å². The fraction of sp³-hybridized carbons (Fsp3) is 0.0333. The monoisotopic (exact) mass is 488 g/mol. The molecule has 0 spiro atoms. The minimum absolute atomic E-state index is 0.00159. The highest BCUT2D eigenvalue weighted by Crippen LogP contribution is 2.33. The molecule has 0 radical (unpaired) electrons. The molecule has 0 saturated heterocycles. The predicted molar refractivity (Wildman–Crippen MR) is 140 cm³/mol. The number of esters is 1. The number of nitro groups is 1. The second-order valence-corrected chi connectivity index (χ2v) is 8.32. The van der Waals surface area contributed by atoms with Crippen LogP contribution < -0.4 is 0 Å². The summed E-state index contributed by atoms with van der Waals surface area (Å²) in [6, 6.07) is 31.5. The van der Waals surface area contributed by atoms with Gasteiger partial charge in [0.1, 0.15) is 0 Å². The molecule has 0 N–H and O–H groups in total. The Kier molecular flexibility index (Phi) is 6.50. The SMILES string of the molecule is O=C(COC(=O)c1ccc2nc(-c3ccc([N+](=O)[O-])cc3)cc(-c3ccccc3)c2c1)c1ccccc1. The zero-order valence-electron chi connectivity index (χ0n) is 19.5. The second kappa shape index (κ2) is 10.2. The van der Waals surface area contributed by atoms with Crippen LogP contribution in [0.1, 0.15) is 20.7 Å². The molecule has 7 nitrogen and oxygen atoms in total. The zero-order valence-corrected chi connectivity index (χ0v) is 19.5. The molecule has 0 aliphatic rings. The average Bonchev–Trinajstić information content (AvgIpc) is 2.95. The molecule has 37 heavy (non-hydrogen) atoms. The molecule has 0 unspecified atom stereocenters. The number of carbonyl (C=O) groups is 2. The molecule has 7 heteroatoms. The first-order valence-corrected chi connectivity index (χ1v) is 11.5. The summed E-state index contributed by atoms with van der Waals surface area (Å²) in [6.45, 7) is -0.357. The molecule has 5 rings (SSSR count). The quantitative estimate of drug-likeness (QED) is 0.112. The first kappa shape index (κ1) is 23.6. The van der Waals surface area contributed by atoms with E-state index in [0.29, 0.717) is 22.3 Å². The number of ketones is 1. The minimum Gasteiger partial charge on any atom is -0.454 e. The molecule has 0 aliphatic heterocycles. The number of hydrogen-bond donors (Lipinski definition) is 0. The topological polar surface area (TPSA) is 99.4 Å². The van der Waals surface area contributed by atoms with Gasteiger partial charge in [0.25, 0.3) is 5.69 Å². The molecule has 0 saturated carbocycles. The standard InChI is InChI=1S/C30H20N2O5/c33-29(22-9-5-2-6-10-22)19-37-30(34)23-13-16-27-26(17-23)25(20-7-3-1-4-8-20)18-28(31-27)21-11-14-24(15-12-21)32(35)36/h1-18H,19H2. The maximum atomic E-state index is 12.8. The number of carbonyl (C=O) groups excluding carboxylic acids is 2. The summed E-state index contributed by atoms with van der Waals surface area (Å²) >= 11 is 0. The van der Waals surface area contributed by atoms with E-state index in [1.807, 2.05) is 42.5 Å². The molecule has 0 atom stereocenters. The lowest BCUT2D eigenvalue weighted by atomic mass is 9.97. The number of ether oxygens (including phenoxy) is 1. The van der Waals surface area contributed by atoms with Crippen LogP contribution in [0.3, 0.4) is 0 Å². The van der Waals surface area contributed by atoms with E-state index in [0.717, 1.165) is 22.1 Å². The molecule has 1 aromatic heterocycles. The van der Waals surface area contributed by atoms with Crippen molar-refractivity contribution in [2.24, 2.45) is 0 Å². The van der Waals surface area contributed by atoms with E-state index in [1.165, 1.54) is 12.1 Å². The Morgan fingerprint density at radius 1 is 0.757 bits per heavy atom. The van der Waals surface area contributed by atoms with Gasteiger partial charge in [0.05, 0.1) is 21.7 Å². The van der Waals surface area contributed by atoms with Crippen LogP contribution >= 0.6 is 0 Å². The van der Waals surface area contributed by atoms with Crippen LogP contribution in [0.4, 0.5) is 5.69 Å². The van der Waals surface area contributed by atoms with Crippen molar-refractivity contribution in [1.29, 1.82) is 0 Å². The first-order valence-electron chi connectivity index (χ1n) is 11.5. The van der Waals surface area contributed by atoms with E-state index in [2.05, 4.69) is 0 Å². The van der Waals surface area contributed by atoms with Gasteiger partial charge in [0.2, 0.25) is 0 Å². The van der Waals surface area contributed by atoms with E-state index in [-0.39, 0.29) is 18.1 Å². The molecule has 0 aliphatic carbocycles. The summed E-state index contributed by atoms with van der Waals surface area (Å²) in [6.07, 6.45) is 0. The summed E-state index contributed by atoms with van der Waals surface area (Å²) < 4.78 is 5.30. The molecule has 0 amide bonds. The molecule has 0 fully saturated rings. The third-order valence-electron chi connectivity index (χ3n) is 5.93. The van der Waals surface area contributed by atoms with E-state index >= 15 is 0 Å². The van der Waals surface area contributed by atoms with Gasteiger partial charge < -0.3 is 4.74 Å². The van der Waals surface area contributed by atoms with Gasteiger partial charge in [-0.25, -0.2) is 9.78 Å². The number of aromatic nitrogens is 1. The van der Waals surface area contributed by atoms with E-state index in [9.17, 15) is 19.7 Å². The number of Topliss-reactive ketones (excluding diaryl/α,β-unsaturated/α-hetero) is 1. The van der Waals surface area contributed by atoms with Crippen LogP contribution in [0, 0.1) is 10.1 Å². The maximum Gasteiger partial charge on any atom is 0.338 e. The van der Waals surface area contributed by atoms with Crippen molar-refractivity contribution in [3.63, 3.8) is 0 Å². The number of fused-ring (bicyclic) bond motifs is 1. The van der Waals surface area contributed by atoms with Gasteiger partial charge in [-0.05, 0) is 47.5 Å². The van der Waals surface area contributed by atoms with Crippen molar-refractivity contribution < 1.29 is 19.2 Å². The van der Waals surface area contributed by atoms with Gasteiger partial charge in [-0.1, -0.05) is 60.7 Å². The number of hydrogen-bond acceptors (Lipinski definition) is 6. The lowest BCUT2D eigenvalue weighted by Crippen LogP contribution is -2.14. The minimum atomic E-state index is -0.607. The van der Waals surface area contributed by atoms with Crippen molar-refractivity contribution in [3.8, 4) is 22.4 Å². The third kappa shape index (κ3) is 5.11. The molecular weight excluding hydrogens is 468 g/mol. The Morgan fingerprint density at radius 2 is 1.43 bits per heavy atom. The zero-order chi connectivity index (χ0) is 25.8. The number of benzene rings is 4. The lowest BCUT2D eigenvalue weighted by molar-refractivity contribution is -0.384. The van der Waals surface area contributed by atoms with Gasteiger partial charge in [-0.15, -0.1) is 0 Å². The van der Waals surface area contributed by atoms with Gasteiger partial charge in [0, 0.05) is 28.6 Å². The fourth-order valence-electron chi connectivity index (χ4n) is 4.03. The van der Waals surface area contributed by atoms with Crippen LogP contribution in [0.25, 0.3) is 33.3 Å². The molecule has 180 valence electrons. The second-order valence-electron chi connectivity index (χ2n) is 8.32. The molecule has 4 aromatic carbocycles. The average molecular weight is 488 g/mol. The highest BCUT2D eigenvalue weighted by atomic mass is 16.6. The van der Waals surface area contributed by atoms with E-state index < -0.39 is 10.9 Å². The summed E-state index contributed by atoms with van der Waals surface area (Å²) in [5.74, 6) is -0.890. The molecular formula is C30H20N2O5. The van der Waals surface area contributed by atoms with Gasteiger partial charge in [0.15, 0.2) is 12.4 Å². The first-order chi connectivity index (χ1) is 18.0. The number of nitrogens with zero attached hydrogens (tertiary/aromatic N) is 2. The van der Waals surface area contributed by atoms with Crippen molar-refractivity contribution >= 4 is 28.3 Å². The van der Waals surface area contributed by atoms with Gasteiger partial charge in [-0.2, -0.15) is 0 Å². The summed E-state index contributed by atoms with van der Waals surface area (Å²) in [5, 5.41) is 11.8. The summed E-state index contributed by atoms with van der Waals surface area (Å²) in [4.78, 5) is 40.5. The van der Waals surface area contributed by atoms with E-state index in [1.54, 1.807) is 54.6 Å². The van der Waals surface area contributed by atoms with Crippen molar-refractivity contribution in [3.05, 3.63) is 130 Å². The smallest absolute Gasteiger partial charge is 0.338 e. The largest absolute Gasteiger partial charge is 0.454 e. The van der Waals surface area contributed by atoms with Crippen LogP contribution in [0.2, 0.25) is 0 Å². The number of non-ortho nitro benzene ring substituents is 1. The lowest BCUT2D eigenvalue weighted by Gasteiger charge is -2.12. The summed E-state index contributed by atoms with van der Waals surface area (Å²) in [5.41, 5.74) is 4.56. The fourth-order valence-corrected chi connectivity index (χ4v) is 4.03. The normalized spacial score (nSPS) is 10.7. The highest BCUT2D eigenvalue weighted by molar-refractivity contribution is 6.03. The van der Waals surface area contributed by atoms with Crippen LogP contribution in [0.15, 0.2) is 109 Å². The van der Waals surface area contributed by atoms with Gasteiger partial charge >= 0.3 is 5.97 Å². The maximum absolute atomic E-state index is 12.8. The Bertz CT molecular complexity index is 1620. The highest BCUT2D eigenvalue weighted by Gasteiger charge is 2.16. The van der Waals surface area contributed by atoms with Crippen LogP contribution in [0.5, 0.6) is 0 Å². The van der Waals surface area contributed by atoms with Crippen molar-refractivity contribution in [1.82, 2.24) is 4.98 Å². The Labute approximate surface area is 212 Å². The number of nitro benzene ring substituents is 1. The number of rotatable bonds is 7. The van der Waals surface area contributed by atoms with E-state index in [4.69, 9.17) is 9.72 Å². The third-order valence-corrected chi connectivity index (χ3v) is 5.93. The predicted octanol–water partition coefficient (Wildman–Crippen LogP) is 6.52. The molecule has 1 heterocycles.